The summed E-state index contributed by atoms with van der Waals surface area (Å²) in [6, 6.07) is 32.1. The Labute approximate surface area is 201 Å². The number of carbonyl (C=O) groups is 2. The van der Waals surface area contributed by atoms with Crippen LogP contribution >= 0.6 is 11.8 Å². The molecule has 1 saturated heterocycles. The van der Waals surface area contributed by atoms with Crippen molar-refractivity contribution in [2.24, 2.45) is 0 Å². The van der Waals surface area contributed by atoms with Gasteiger partial charge < -0.3 is 4.57 Å². The van der Waals surface area contributed by atoms with E-state index in [0.29, 0.717) is 17.1 Å². The zero-order valence-electron chi connectivity index (χ0n) is 18.2. The number of anilines is 1. The Hall–Kier alpha value is -4.09. The number of rotatable bonds is 4. The third-order valence-electron chi connectivity index (χ3n) is 6.08. The molecule has 0 spiro atoms. The molecule has 5 heteroatoms. The minimum absolute atomic E-state index is 0.276. The van der Waals surface area contributed by atoms with Crippen molar-refractivity contribution < 1.29 is 9.59 Å². The number of imide groups is 1. The Morgan fingerprint density at radius 2 is 1.50 bits per heavy atom. The molecule has 4 nitrogen and oxygen atoms in total. The summed E-state index contributed by atoms with van der Waals surface area (Å²) in [4.78, 5) is 27.4. The van der Waals surface area contributed by atoms with E-state index in [2.05, 4.69) is 59.3 Å². The fraction of sp³-hybridized carbons (Fsp3) is 0.0345. The van der Waals surface area contributed by atoms with Crippen molar-refractivity contribution in [2.75, 3.05) is 4.90 Å². The molecule has 1 fully saturated rings. The summed E-state index contributed by atoms with van der Waals surface area (Å²) in [5, 5.41) is 3.21. The van der Waals surface area contributed by atoms with Crippen LogP contribution in [0.1, 0.15) is 11.1 Å². The summed E-state index contributed by atoms with van der Waals surface area (Å²) in [5.74, 6) is -0.285. The quantitative estimate of drug-likeness (QED) is 0.269. The van der Waals surface area contributed by atoms with Crippen LogP contribution in [-0.4, -0.2) is 15.7 Å². The molecule has 0 unspecified atom stereocenters. The first-order valence-electron chi connectivity index (χ1n) is 11.1. The van der Waals surface area contributed by atoms with Crippen molar-refractivity contribution in [3.63, 3.8) is 0 Å². The minimum atomic E-state index is -0.285. The fourth-order valence-corrected chi connectivity index (χ4v) is 5.30. The predicted octanol–water partition coefficient (Wildman–Crippen LogP) is 7.08. The summed E-state index contributed by atoms with van der Waals surface area (Å²) >= 11 is 0.984. The van der Waals surface area contributed by atoms with Gasteiger partial charge in [-0.15, -0.1) is 0 Å². The second-order valence-corrected chi connectivity index (χ2v) is 9.26. The molecule has 4 aromatic carbocycles. The zero-order valence-corrected chi connectivity index (χ0v) is 19.0. The van der Waals surface area contributed by atoms with Gasteiger partial charge in [0, 0.05) is 29.2 Å². The van der Waals surface area contributed by atoms with Crippen LogP contribution in [-0.2, 0) is 11.3 Å². The van der Waals surface area contributed by atoms with Crippen LogP contribution in [0, 0.1) is 0 Å². The normalized spacial score (nSPS) is 15.2. The van der Waals surface area contributed by atoms with Crippen molar-refractivity contribution in [3.05, 3.63) is 119 Å². The Balaban J connectivity index is 1.37. The maximum absolute atomic E-state index is 13.1. The van der Waals surface area contributed by atoms with Gasteiger partial charge in [-0.2, -0.15) is 0 Å². The van der Waals surface area contributed by atoms with Gasteiger partial charge in [0.15, 0.2) is 0 Å². The maximum Gasteiger partial charge on any atom is 0.298 e. The van der Waals surface area contributed by atoms with E-state index >= 15 is 0 Å². The number of fused-ring (bicyclic) bond motifs is 2. The van der Waals surface area contributed by atoms with Crippen LogP contribution in [0.3, 0.4) is 0 Å². The Kier molecular flexibility index (Phi) is 5.04. The third kappa shape index (κ3) is 3.60. The highest BCUT2D eigenvalue weighted by atomic mass is 32.2. The lowest BCUT2D eigenvalue weighted by atomic mass is 10.1. The Morgan fingerprint density at radius 3 is 2.35 bits per heavy atom. The summed E-state index contributed by atoms with van der Waals surface area (Å²) in [5.41, 5.74) is 3.81. The summed E-state index contributed by atoms with van der Waals surface area (Å²) in [6.45, 7) is 0.713. The van der Waals surface area contributed by atoms with Gasteiger partial charge in [0.1, 0.15) is 0 Å². The minimum Gasteiger partial charge on any atom is -0.342 e. The van der Waals surface area contributed by atoms with Crippen molar-refractivity contribution in [3.8, 4) is 0 Å². The second-order valence-electron chi connectivity index (χ2n) is 8.26. The molecule has 6 rings (SSSR count). The first-order chi connectivity index (χ1) is 16.7. The molecule has 1 aliphatic heterocycles. The summed E-state index contributed by atoms with van der Waals surface area (Å²) in [7, 11) is 0. The lowest BCUT2D eigenvalue weighted by molar-refractivity contribution is -0.113. The van der Waals surface area contributed by atoms with E-state index in [1.165, 1.54) is 21.2 Å². The van der Waals surface area contributed by atoms with Gasteiger partial charge in [0.25, 0.3) is 11.1 Å². The maximum atomic E-state index is 13.1. The first-order valence-corrected chi connectivity index (χ1v) is 11.9. The van der Waals surface area contributed by atoms with Crippen molar-refractivity contribution in [1.82, 2.24) is 4.57 Å². The monoisotopic (exact) mass is 460 g/mol. The average Bonchev–Trinajstić information content (AvgIpc) is 3.35. The average molecular weight is 461 g/mol. The molecule has 0 N–H and O–H groups in total. The van der Waals surface area contributed by atoms with Crippen LogP contribution in [0.2, 0.25) is 0 Å². The lowest BCUT2D eigenvalue weighted by Gasteiger charge is -2.11. The van der Waals surface area contributed by atoms with Gasteiger partial charge in [-0.1, -0.05) is 72.8 Å². The van der Waals surface area contributed by atoms with Gasteiger partial charge in [-0.25, -0.2) is 4.90 Å². The number of nitrogens with zero attached hydrogens (tertiary/aromatic N) is 2. The van der Waals surface area contributed by atoms with E-state index in [9.17, 15) is 9.59 Å². The number of aromatic nitrogens is 1. The molecule has 34 heavy (non-hydrogen) atoms. The molecule has 5 aromatic rings. The van der Waals surface area contributed by atoms with E-state index in [4.69, 9.17) is 0 Å². The number of para-hydroxylation sites is 2. The second kappa shape index (κ2) is 8.36. The van der Waals surface area contributed by atoms with E-state index in [0.717, 1.165) is 28.2 Å². The van der Waals surface area contributed by atoms with Gasteiger partial charge in [0.2, 0.25) is 0 Å². The molecule has 1 aromatic heterocycles. The summed E-state index contributed by atoms with van der Waals surface area (Å²) < 4.78 is 2.20. The highest BCUT2D eigenvalue weighted by molar-refractivity contribution is 8.19. The first kappa shape index (κ1) is 20.5. The van der Waals surface area contributed by atoms with E-state index in [1.807, 2.05) is 42.5 Å². The standard InChI is InChI=1S/C29H20N2O2S/c32-28-27(34-29(33)31(28)24-10-2-1-3-11-24)17-23-19-30(26-13-7-6-12-25(23)26)18-20-14-15-21-8-4-5-9-22(21)16-20/h1-17,19H,18H2/b27-17-. The highest BCUT2D eigenvalue weighted by Gasteiger charge is 2.36. The molecular formula is C29H20N2O2S. The van der Waals surface area contributed by atoms with Gasteiger partial charge in [0.05, 0.1) is 10.6 Å². The highest BCUT2D eigenvalue weighted by Crippen LogP contribution is 2.37. The largest absolute Gasteiger partial charge is 0.342 e. The molecular weight excluding hydrogens is 440 g/mol. The van der Waals surface area contributed by atoms with E-state index < -0.39 is 0 Å². The Morgan fingerprint density at radius 1 is 0.765 bits per heavy atom. The number of amides is 2. The molecule has 2 amide bonds. The molecule has 0 bridgehead atoms. The van der Waals surface area contributed by atoms with Crippen LogP contribution in [0.4, 0.5) is 10.5 Å². The SMILES string of the molecule is O=C1S/C(=C\c2cn(Cc3ccc4ccccc4c3)c3ccccc23)C(=O)N1c1ccccc1. The zero-order chi connectivity index (χ0) is 23.1. The van der Waals surface area contributed by atoms with Crippen LogP contribution < -0.4 is 4.90 Å². The smallest absolute Gasteiger partial charge is 0.298 e. The van der Waals surface area contributed by atoms with Gasteiger partial charge in [-0.3, -0.25) is 9.59 Å². The molecule has 0 saturated carbocycles. The van der Waals surface area contributed by atoms with Gasteiger partial charge >= 0.3 is 0 Å². The van der Waals surface area contributed by atoms with Crippen LogP contribution in [0.15, 0.2) is 108 Å². The van der Waals surface area contributed by atoms with E-state index in [-0.39, 0.29) is 11.1 Å². The molecule has 0 radical (unpaired) electrons. The molecule has 0 aliphatic carbocycles. The van der Waals surface area contributed by atoms with Crippen molar-refractivity contribution in [1.29, 1.82) is 0 Å². The number of benzene rings is 4. The molecule has 2 heterocycles. The van der Waals surface area contributed by atoms with E-state index in [1.54, 1.807) is 12.1 Å². The van der Waals surface area contributed by atoms with Gasteiger partial charge in [-0.05, 0) is 58.4 Å². The Bertz CT molecular complexity index is 1600. The number of carbonyl (C=O) groups excluding carboxylic acids is 2. The van der Waals surface area contributed by atoms with Crippen molar-refractivity contribution >= 4 is 56.3 Å². The number of thioether (sulfide) groups is 1. The number of hydrogen-bond acceptors (Lipinski definition) is 3. The third-order valence-corrected chi connectivity index (χ3v) is 6.95. The van der Waals surface area contributed by atoms with Crippen LogP contribution in [0.5, 0.6) is 0 Å². The fourth-order valence-electron chi connectivity index (χ4n) is 4.46. The molecule has 1 aliphatic rings. The molecule has 0 atom stereocenters. The van der Waals surface area contributed by atoms with Crippen LogP contribution in [0.25, 0.3) is 27.8 Å². The lowest BCUT2D eigenvalue weighted by Crippen LogP contribution is -2.27. The number of hydrogen-bond donors (Lipinski definition) is 0. The summed E-state index contributed by atoms with van der Waals surface area (Å²) in [6.07, 6.45) is 3.91. The molecule has 164 valence electrons. The predicted molar refractivity (Wildman–Crippen MR) is 140 cm³/mol. The topological polar surface area (TPSA) is 42.3 Å². The van der Waals surface area contributed by atoms with Crippen molar-refractivity contribution in [2.45, 2.75) is 6.54 Å².